The first kappa shape index (κ1) is 11.7. The van der Waals surface area contributed by atoms with E-state index in [1.165, 1.54) is 11.3 Å². The highest BCUT2D eigenvalue weighted by Gasteiger charge is 2.20. The van der Waals surface area contributed by atoms with Crippen molar-refractivity contribution >= 4 is 11.3 Å². The number of rotatable bonds is 2. The van der Waals surface area contributed by atoms with E-state index in [9.17, 15) is 0 Å². The molecule has 2 aromatic rings. The van der Waals surface area contributed by atoms with Crippen LogP contribution in [0.15, 0.2) is 11.7 Å². The molecule has 0 aliphatic carbocycles. The number of nitrogens with one attached hydrogen (secondary N) is 1. The van der Waals surface area contributed by atoms with Crippen LogP contribution in [0.2, 0.25) is 0 Å². The summed E-state index contributed by atoms with van der Waals surface area (Å²) in [7, 11) is 0. The van der Waals surface area contributed by atoms with Crippen molar-refractivity contribution in [3.05, 3.63) is 28.7 Å². The molecule has 0 spiro atoms. The van der Waals surface area contributed by atoms with Gasteiger partial charge in [0.15, 0.2) is 5.82 Å². The third-order valence-electron chi connectivity index (χ3n) is 3.17. The van der Waals surface area contributed by atoms with E-state index in [0.717, 1.165) is 35.9 Å². The van der Waals surface area contributed by atoms with Crippen LogP contribution in [0.5, 0.6) is 0 Å². The lowest BCUT2D eigenvalue weighted by atomic mass is 9.97. The maximum atomic E-state index is 4.76. The predicted molar refractivity (Wildman–Crippen MR) is 72.6 cm³/mol. The lowest BCUT2D eigenvalue weighted by Crippen LogP contribution is -2.27. The topological polar surface area (TPSA) is 50.7 Å². The summed E-state index contributed by atoms with van der Waals surface area (Å²) in [5, 5.41) is 3.38. The first-order valence-corrected chi connectivity index (χ1v) is 7.13. The minimum absolute atomic E-state index is 0.437. The summed E-state index contributed by atoms with van der Waals surface area (Å²) in [6.45, 7) is 6.27. The first-order valence-electron chi connectivity index (χ1n) is 6.25. The standard InChI is InChI=1S/C13H16N4S/c1-8(2)12-9-3-4-14-5-10(9)16-13(17-12)11-6-15-7-18-11/h6-8,14H,3-5H2,1-2H3. The molecule has 4 nitrogen and oxygen atoms in total. The maximum Gasteiger partial charge on any atom is 0.171 e. The Labute approximate surface area is 111 Å². The molecule has 0 saturated heterocycles. The number of thiazole rings is 1. The fraction of sp³-hybridized carbons (Fsp3) is 0.462. The molecule has 0 radical (unpaired) electrons. The van der Waals surface area contributed by atoms with E-state index in [-0.39, 0.29) is 0 Å². The van der Waals surface area contributed by atoms with Crippen molar-refractivity contribution in [2.75, 3.05) is 6.54 Å². The molecule has 0 unspecified atom stereocenters. The molecule has 2 aromatic heterocycles. The van der Waals surface area contributed by atoms with Gasteiger partial charge in [0.05, 0.1) is 21.8 Å². The van der Waals surface area contributed by atoms with Gasteiger partial charge in [-0.05, 0) is 24.4 Å². The Morgan fingerprint density at radius 1 is 1.33 bits per heavy atom. The van der Waals surface area contributed by atoms with Gasteiger partial charge in [-0.2, -0.15) is 0 Å². The molecule has 0 aromatic carbocycles. The maximum absolute atomic E-state index is 4.76. The van der Waals surface area contributed by atoms with Crippen LogP contribution in [0, 0.1) is 0 Å². The average molecular weight is 260 g/mol. The van der Waals surface area contributed by atoms with Crippen molar-refractivity contribution in [2.45, 2.75) is 32.7 Å². The minimum atomic E-state index is 0.437. The van der Waals surface area contributed by atoms with Crippen LogP contribution in [0.3, 0.4) is 0 Å². The average Bonchev–Trinajstić information content (AvgIpc) is 2.91. The first-order chi connectivity index (χ1) is 8.75. The molecule has 0 bridgehead atoms. The van der Waals surface area contributed by atoms with Gasteiger partial charge >= 0.3 is 0 Å². The van der Waals surface area contributed by atoms with Gasteiger partial charge in [0, 0.05) is 12.7 Å². The third-order valence-corrected chi connectivity index (χ3v) is 3.94. The number of nitrogens with zero attached hydrogens (tertiary/aromatic N) is 3. The van der Waals surface area contributed by atoms with Gasteiger partial charge in [-0.15, -0.1) is 11.3 Å². The second kappa shape index (κ2) is 4.74. The molecule has 3 rings (SSSR count). The number of hydrogen-bond acceptors (Lipinski definition) is 5. The molecule has 18 heavy (non-hydrogen) atoms. The highest BCUT2D eigenvalue weighted by Crippen LogP contribution is 2.27. The van der Waals surface area contributed by atoms with Gasteiger partial charge in [0.25, 0.3) is 0 Å². The van der Waals surface area contributed by atoms with Crippen LogP contribution in [0.25, 0.3) is 10.7 Å². The van der Waals surface area contributed by atoms with Crippen LogP contribution in [-0.2, 0) is 13.0 Å². The monoisotopic (exact) mass is 260 g/mol. The molecule has 1 aliphatic heterocycles. The van der Waals surface area contributed by atoms with Gasteiger partial charge in [-0.3, -0.25) is 4.98 Å². The highest BCUT2D eigenvalue weighted by molar-refractivity contribution is 7.13. The summed E-state index contributed by atoms with van der Waals surface area (Å²) >= 11 is 1.59. The zero-order valence-corrected chi connectivity index (χ0v) is 11.4. The Morgan fingerprint density at radius 3 is 2.94 bits per heavy atom. The second-order valence-electron chi connectivity index (χ2n) is 4.80. The molecule has 1 N–H and O–H groups in total. The van der Waals surface area contributed by atoms with Gasteiger partial charge in [0.1, 0.15) is 0 Å². The van der Waals surface area contributed by atoms with Crippen molar-refractivity contribution < 1.29 is 0 Å². The van der Waals surface area contributed by atoms with Gasteiger partial charge < -0.3 is 5.32 Å². The van der Waals surface area contributed by atoms with E-state index >= 15 is 0 Å². The molecule has 0 fully saturated rings. The Hall–Kier alpha value is -1.33. The van der Waals surface area contributed by atoms with Crippen LogP contribution >= 0.6 is 11.3 Å². The van der Waals surface area contributed by atoms with Crippen molar-refractivity contribution in [2.24, 2.45) is 0 Å². The fourth-order valence-corrected chi connectivity index (χ4v) is 2.86. The number of hydrogen-bond donors (Lipinski definition) is 1. The van der Waals surface area contributed by atoms with Gasteiger partial charge in [0.2, 0.25) is 0 Å². The van der Waals surface area contributed by atoms with Crippen molar-refractivity contribution in [1.82, 2.24) is 20.3 Å². The SMILES string of the molecule is CC(C)c1nc(-c2cncs2)nc2c1CCNC2. The van der Waals surface area contributed by atoms with E-state index < -0.39 is 0 Å². The van der Waals surface area contributed by atoms with E-state index in [1.807, 2.05) is 11.7 Å². The van der Waals surface area contributed by atoms with Gasteiger partial charge in [-0.1, -0.05) is 13.8 Å². The van der Waals surface area contributed by atoms with Crippen molar-refractivity contribution in [1.29, 1.82) is 0 Å². The molecule has 94 valence electrons. The van der Waals surface area contributed by atoms with Crippen molar-refractivity contribution in [3.8, 4) is 10.7 Å². The molecule has 0 saturated carbocycles. The Bertz CT molecular complexity index is 548. The molecular weight excluding hydrogens is 244 g/mol. The molecule has 3 heterocycles. The zero-order chi connectivity index (χ0) is 12.5. The largest absolute Gasteiger partial charge is 0.311 e. The van der Waals surface area contributed by atoms with Crippen molar-refractivity contribution in [3.63, 3.8) is 0 Å². The molecule has 0 amide bonds. The summed E-state index contributed by atoms with van der Waals surface area (Å²) in [6, 6.07) is 0. The summed E-state index contributed by atoms with van der Waals surface area (Å²) < 4.78 is 0. The van der Waals surface area contributed by atoms with E-state index in [0.29, 0.717) is 5.92 Å². The third kappa shape index (κ3) is 2.04. The second-order valence-corrected chi connectivity index (χ2v) is 5.69. The van der Waals surface area contributed by atoms with Crippen LogP contribution in [0.4, 0.5) is 0 Å². The van der Waals surface area contributed by atoms with E-state index in [1.54, 1.807) is 11.3 Å². The smallest absolute Gasteiger partial charge is 0.171 e. The molecule has 1 aliphatic rings. The Morgan fingerprint density at radius 2 is 2.22 bits per heavy atom. The van der Waals surface area contributed by atoms with Crippen LogP contribution in [0.1, 0.15) is 36.7 Å². The van der Waals surface area contributed by atoms with E-state index in [2.05, 4.69) is 24.1 Å². The lowest BCUT2D eigenvalue weighted by molar-refractivity contribution is 0.609. The number of fused-ring (bicyclic) bond motifs is 1. The van der Waals surface area contributed by atoms with Crippen LogP contribution < -0.4 is 5.32 Å². The predicted octanol–water partition coefficient (Wildman–Crippen LogP) is 2.37. The molecular formula is C13H16N4S. The molecule has 0 atom stereocenters. The van der Waals surface area contributed by atoms with Gasteiger partial charge in [-0.25, -0.2) is 9.97 Å². The van der Waals surface area contributed by atoms with E-state index in [4.69, 9.17) is 9.97 Å². The highest BCUT2D eigenvalue weighted by atomic mass is 32.1. The summed E-state index contributed by atoms with van der Waals surface area (Å²) in [4.78, 5) is 14.6. The number of aromatic nitrogens is 3. The lowest BCUT2D eigenvalue weighted by Gasteiger charge is -2.21. The quantitative estimate of drug-likeness (QED) is 0.900. The minimum Gasteiger partial charge on any atom is -0.311 e. The Balaban J connectivity index is 2.15. The molecule has 5 heteroatoms. The van der Waals surface area contributed by atoms with Crippen LogP contribution in [-0.4, -0.2) is 21.5 Å². The summed E-state index contributed by atoms with van der Waals surface area (Å²) in [5.41, 5.74) is 5.52. The Kier molecular flexibility index (Phi) is 3.09. The summed E-state index contributed by atoms with van der Waals surface area (Å²) in [6.07, 6.45) is 2.87. The summed E-state index contributed by atoms with van der Waals surface area (Å²) in [5.74, 6) is 1.26. The normalized spacial score (nSPS) is 14.8. The zero-order valence-electron chi connectivity index (χ0n) is 10.6. The fourth-order valence-electron chi connectivity index (χ4n) is 2.30.